The number of benzene rings is 2. The van der Waals surface area contributed by atoms with Crippen LogP contribution in [0, 0.1) is 5.82 Å². The quantitative estimate of drug-likeness (QED) is 0.757. The van der Waals surface area contributed by atoms with E-state index in [0.29, 0.717) is 16.8 Å². The van der Waals surface area contributed by atoms with Crippen molar-refractivity contribution in [2.75, 3.05) is 25.1 Å². The molecule has 2 aromatic carbocycles. The molecule has 0 aliphatic heterocycles. The number of nitrogens with zero attached hydrogens (tertiary/aromatic N) is 1. The molecule has 27 heavy (non-hydrogen) atoms. The Morgan fingerprint density at radius 2 is 1.74 bits per heavy atom. The van der Waals surface area contributed by atoms with Gasteiger partial charge in [0, 0.05) is 25.7 Å². The number of esters is 1. The molecule has 0 bridgehead atoms. The van der Waals surface area contributed by atoms with Crippen molar-refractivity contribution in [1.82, 2.24) is 5.32 Å². The molecule has 0 aliphatic carbocycles. The molecule has 0 saturated carbocycles. The third kappa shape index (κ3) is 5.64. The Kier molecular flexibility index (Phi) is 7.05. The number of anilines is 1. The lowest BCUT2D eigenvalue weighted by molar-refractivity contribution is -0.121. The number of amides is 2. The van der Waals surface area contributed by atoms with Crippen molar-refractivity contribution in [2.24, 2.45) is 0 Å². The molecule has 0 spiro atoms. The van der Waals surface area contributed by atoms with Gasteiger partial charge in [-0.2, -0.15) is 0 Å². The topological polar surface area (TPSA) is 75.7 Å². The number of hydrogen-bond acceptors (Lipinski definition) is 4. The van der Waals surface area contributed by atoms with E-state index < -0.39 is 11.8 Å². The molecule has 0 unspecified atom stereocenters. The van der Waals surface area contributed by atoms with Gasteiger partial charge >= 0.3 is 5.97 Å². The van der Waals surface area contributed by atoms with Gasteiger partial charge in [-0.15, -0.1) is 0 Å². The lowest BCUT2D eigenvalue weighted by atomic mass is 10.1. The standard InChI is InChI=1S/C20H21FN2O4/c1-14(24)23(17-9-7-15(8-10-17)20(26)27-2)12-11-22-19(25)13-16-5-3-4-6-18(16)21/h3-10H,11-13H2,1-2H3,(H,22,25). The molecule has 1 N–H and O–H groups in total. The van der Waals surface area contributed by atoms with Gasteiger partial charge in [-0.3, -0.25) is 9.59 Å². The minimum absolute atomic E-state index is 0.0689. The summed E-state index contributed by atoms with van der Waals surface area (Å²) in [6, 6.07) is 12.5. The molecule has 0 radical (unpaired) electrons. The summed E-state index contributed by atoms with van der Waals surface area (Å²) in [6.07, 6.45) is -0.0689. The van der Waals surface area contributed by atoms with Crippen LogP contribution in [0.1, 0.15) is 22.8 Å². The molecular weight excluding hydrogens is 351 g/mol. The average Bonchev–Trinajstić information content (AvgIpc) is 2.66. The van der Waals surface area contributed by atoms with E-state index in [1.54, 1.807) is 42.5 Å². The van der Waals surface area contributed by atoms with Gasteiger partial charge in [-0.05, 0) is 35.9 Å². The van der Waals surface area contributed by atoms with Crippen molar-refractivity contribution in [2.45, 2.75) is 13.3 Å². The molecule has 0 aromatic heterocycles. The van der Waals surface area contributed by atoms with Crippen molar-refractivity contribution in [3.05, 3.63) is 65.5 Å². The molecule has 0 atom stereocenters. The van der Waals surface area contributed by atoms with Crippen molar-refractivity contribution in [3.63, 3.8) is 0 Å². The highest BCUT2D eigenvalue weighted by Crippen LogP contribution is 2.16. The second-order valence-corrected chi connectivity index (χ2v) is 5.83. The minimum Gasteiger partial charge on any atom is -0.465 e. The average molecular weight is 372 g/mol. The Morgan fingerprint density at radius 3 is 2.33 bits per heavy atom. The molecule has 142 valence electrons. The number of methoxy groups -OCH3 is 1. The van der Waals surface area contributed by atoms with Crippen molar-refractivity contribution < 1.29 is 23.5 Å². The molecule has 2 rings (SSSR count). The molecule has 0 heterocycles. The fraction of sp³-hybridized carbons (Fsp3) is 0.250. The first-order valence-corrected chi connectivity index (χ1v) is 8.39. The van der Waals surface area contributed by atoms with Gasteiger partial charge in [0.25, 0.3) is 0 Å². The van der Waals surface area contributed by atoms with Crippen LogP contribution in [0.25, 0.3) is 0 Å². The summed E-state index contributed by atoms with van der Waals surface area (Å²) < 4.78 is 18.2. The molecule has 0 saturated heterocycles. The van der Waals surface area contributed by atoms with E-state index in [4.69, 9.17) is 0 Å². The number of carbonyl (C=O) groups is 3. The van der Waals surface area contributed by atoms with E-state index in [1.807, 2.05) is 0 Å². The Morgan fingerprint density at radius 1 is 1.07 bits per heavy atom. The van der Waals surface area contributed by atoms with Crippen LogP contribution in [0.5, 0.6) is 0 Å². The van der Waals surface area contributed by atoms with E-state index in [0.717, 1.165) is 0 Å². The summed E-state index contributed by atoms with van der Waals surface area (Å²) in [6.45, 7) is 1.87. The second kappa shape index (κ2) is 9.47. The van der Waals surface area contributed by atoms with Crippen LogP contribution in [0.15, 0.2) is 48.5 Å². The predicted octanol–water partition coefficient (Wildman–Crippen LogP) is 2.32. The van der Waals surface area contributed by atoms with Crippen LogP contribution < -0.4 is 10.2 Å². The van der Waals surface area contributed by atoms with Crippen LogP contribution in [0.4, 0.5) is 10.1 Å². The number of ether oxygens (including phenoxy) is 1. The fourth-order valence-corrected chi connectivity index (χ4v) is 2.55. The molecule has 7 heteroatoms. The molecule has 6 nitrogen and oxygen atoms in total. The van der Waals surface area contributed by atoms with E-state index in [1.165, 1.54) is 25.0 Å². The maximum atomic E-state index is 13.6. The van der Waals surface area contributed by atoms with Crippen LogP contribution in [-0.2, 0) is 20.7 Å². The molecule has 0 fully saturated rings. The summed E-state index contributed by atoms with van der Waals surface area (Å²) in [5.74, 6) is -1.42. The SMILES string of the molecule is COC(=O)c1ccc(N(CCNC(=O)Cc2ccccc2F)C(C)=O)cc1. The van der Waals surface area contributed by atoms with Gasteiger partial charge in [-0.1, -0.05) is 18.2 Å². The highest BCUT2D eigenvalue weighted by Gasteiger charge is 2.14. The highest BCUT2D eigenvalue weighted by atomic mass is 19.1. The molecule has 0 aliphatic rings. The highest BCUT2D eigenvalue weighted by molar-refractivity contribution is 5.93. The first-order chi connectivity index (χ1) is 12.9. The van der Waals surface area contributed by atoms with E-state index >= 15 is 0 Å². The Labute approximate surface area is 156 Å². The van der Waals surface area contributed by atoms with Gasteiger partial charge in [0.15, 0.2) is 0 Å². The predicted molar refractivity (Wildman–Crippen MR) is 98.9 cm³/mol. The van der Waals surface area contributed by atoms with Crippen molar-refractivity contribution in [1.29, 1.82) is 0 Å². The van der Waals surface area contributed by atoms with Crippen LogP contribution in [0.2, 0.25) is 0 Å². The van der Waals surface area contributed by atoms with E-state index in [2.05, 4.69) is 10.1 Å². The molecule has 2 amide bonds. The van der Waals surface area contributed by atoms with Gasteiger partial charge in [0.2, 0.25) is 11.8 Å². The van der Waals surface area contributed by atoms with Crippen molar-refractivity contribution in [3.8, 4) is 0 Å². The number of nitrogens with one attached hydrogen (secondary N) is 1. The van der Waals surface area contributed by atoms with Gasteiger partial charge in [0.05, 0.1) is 19.1 Å². The van der Waals surface area contributed by atoms with Crippen LogP contribution in [0.3, 0.4) is 0 Å². The lowest BCUT2D eigenvalue weighted by Gasteiger charge is -2.21. The van der Waals surface area contributed by atoms with Crippen molar-refractivity contribution >= 4 is 23.5 Å². The summed E-state index contributed by atoms with van der Waals surface area (Å²) in [5, 5.41) is 2.68. The fourth-order valence-electron chi connectivity index (χ4n) is 2.55. The summed E-state index contributed by atoms with van der Waals surface area (Å²) in [4.78, 5) is 36.8. The maximum absolute atomic E-state index is 13.6. The zero-order chi connectivity index (χ0) is 19.8. The van der Waals surface area contributed by atoms with Gasteiger partial charge in [-0.25, -0.2) is 9.18 Å². The minimum atomic E-state index is -0.462. The maximum Gasteiger partial charge on any atom is 0.337 e. The smallest absolute Gasteiger partial charge is 0.337 e. The Hall–Kier alpha value is -3.22. The molecular formula is C20H21FN2O4. The zero-order valence-corrected chi connectivity index (χ0v) is 15.2. The first kappa shape index (κ1) is 20.1. The third-order valence-electron chi connectivity index (χ3n) is 3.95. The van der Waals surface area contributed by atoms with Gasteiger partial charge < -0.3 is 15.0 Å². The summed E-state index contributed by atoms with van der Waals surface area (Å²) in [7, 11) is 1.29. The second-order valence-electron chi connectivity index (χ2n) is 5.83. The summed E-state index contributed by atoms with van der Waals surface area (Å²) in [5.41, 5.74) is 1.29. The Bertz CT molecular complexity index is 821. The number of hydrogen-bond donors (Lipinski definition) is 1. The summed E-state index contributed by atoms with van der Waals surface area (Å²) >= 11 is 0. The largest absolute Gasteiger partial charge is 0.465 e. The molecule has 2 aromatic rings. The first-order valence-electron chi connectivity index (χ1n) is 8.39. The zero-order valence-electron chi connectivity index (χ0n) is 15.2. The number of carbonyl (C=O) groups excluding carboxylic acids is 3. The number of rotatable bonds is 7. The van der Waals surface area contributed by atoms with Crippen LogP contribution in [-0.4, -0.2) is 38.0 Å². The van der Waals surface area contributed by atoms with E-state index in [9.17, 15) is 18.8 Å². The van der Waals surface area contributed by atoms with E-state index in [-0.39, 0.29) is 31.3 Å². The lowest BCUT2D eigenvalue weighted by Crippen LogP contribution is -2.38. The Balaban J connectivity index is 1.93. The normalized spacial score (nSPS) is 10.2. The van der Waals surface area contributed by atoms with Crippen LogP contribution >= 0.6 is 0 Å². The monoisotopic (exact) mass is 372 g/mol. The third-order valence-corrected chi connectivity index (χ3v) is 3.95. The number of halogens is 1. The van der Waals surface area contributed by atoms with Gasteiger partial charge in [0.1, 0.15) is 5.82 Å².